The molecular weight excluding hydrogens is 697 g/mol. The summed E-state index contributed by atoms with van der Waals surface area (Å²) in [5.41, 5.74) is -0.162. The third-order valence-corrected chi connectivity index (χ3v) is 14.9. The first-order valence-corrected chi connectivity index (χ1v) is 22.2. The molecule has 1 aliphatic rings. The maximum atomic E-state index is 6.29. The van der Waals surface area contributed by atoms with Crippen LogP contribution in [-0.4, -0.2) is 54.5 Å². The zero-order chi connectivity index (χ0) is 38.2. The fourth-order valence-electron chi connectivity index (χ4n) is 9.08. The minimum atomic E-state index is -2.86. The Bertz CT molecular complexity index is 2630. The highest BCUT2D eigenvalue weighted by Gasteiger charge is 2.44. The van der Waals surface area contributed by atoms with Crippen LogP contribution < -0.4 is 10.4 Å². The molecule has 8 rings (SSSR count). The van der Waals surface area contributed by atoms with Gasteiger partial charge in [0.1, 0.15) is 0 Å². The third kappa shape index (κ3) is 7.57. The van der Waals surface area contributed by atoms with E-state index < -0.39 is 8.80 Å². The average Bonchev–Trinajstić information content (AvgIpc) is 3.16. The summed E-state index contributed by atoms with van der Waals surface area (Å²) in [5.74, 6) is 0. The molecule has 0 heterocycles. The van der Waals surface area contributed by atoms with Gasteiger partial charge >= 0.3 is 8.80 Å². The van der Waals surface area contributed by atoms with Gasteiger partial charge in [-0.2, -0.15) is 0 Å². The molecule has 7 aromatic rings. The van der Waals surface area contributed by atoms with E-state index in [1.165, 1.54) is 75.1 Å². The summed E-state index contributed by atoms with van der Waals surface area (Å²) in [4.78, 5) is 0. The minimum Gasteiger partial charge on any atom is -0.381 e. The number of rotatable bonds is 15. The van der Waals surface area contributed by atoms with Crippen LogP contribution in [0.2, 0.25) is 6.04 Å². The second-order valence-electron chi connectivity index (χ2n) is 15.4. The molecule has 284 valence electrons. The van der Waals surface area contributed by atoms with E-state index in [2.05, 4.69) is 123 Å². The normalized spacial score (nSPS) is 17.2. The fourth-order valence-corrected chi connectivity index (χ4v) is 11.9. The van der Waals surface area contributed by atoms with Crippen LogP contribution in [0.25, 0.3) is 76.8 Å². The first-order valence-electron chi connectivity index (χ1n) is 20.2. The zero-order valence-electron chi connectivity index (χ0n) is 33.2. The van der Waals surface area contributed by atoms with Gasteiger partial charge in [-0.3, -0.25) is 0 Å². The van der Waals surface area contributed by atoms with Crippen molar-refractivity contribution in [2.24, 2.45) is 5.41 Å². The summed E-state index contributed by atoms with van der Waals surface area (Å²) in [7, 11) is -1.01. The van der Waals surface area contributed by atoms with E-state index in [1.54, 1.807) is 0 Å². The molecule has 0 saturated carbocycles. The van der Waals surface area contributed by atoms with Crippen molar-refractivity contribution in [1.29, 1.82) is 0 Å². The highest BCUT2D eigenvalue weighted by Crippen LogP contribution is 2.37. The van der Waals surface area contributed by atoms with Crippen LogP contribution in [0.4, 0.5) is 0 Å². The summed E-state index contributed by atoms with van der Waals surface area (Å²) in [6, 6.07) is 37.5. The molecule has 0 N–H and O–H groups in total. The predicted molar refractivity (Wildman–Crippen MR) is 233 cm³/mol. The van der Waals surface area contributed by atoms with E-state index >= 15 is 0 Å². The SMILES string of the molecule is CCOC(CCC(OC)C1(C)C=c2cc3cc4cc5cc6cc7cc8ccccc8cc7cc6cc5cc4cc3cc2=CC1)C[Si](OCC)(OCC)OCC. The van der Waals surface area contributed by atoms with Crippen molar-refractivity contribution in [2.75, 3.05) is 33.5 Å². The second kappa shape index (κ2) is 15.8. The van der Waals surface area contributed by atoms with Crippen molar-refractivity contribution >= 4 is 85.6 Å². The monoisotopic (exact) mass is 750 g/mol. The molecular formula is C49H54O5Si. The van der Waals surface area contributed by atoms with Gasteiger partial charge < -0.3 is 22.8 Å². The zero-order valence-corrected chi connectivity index (χ0v) is 34.2. The molecule has 55 heavy (non-hydrogen) atoms. The smallest absolute Gasteiger partial charge is 0.381 e. The Morgan fingerprint density at radius 3 is 1.38 bits per heavy atom. The van der Waals surface area contributed by atoms with Crippen LogP contribution >= 0.6 is 0 Å². The Morgan fingerprint density at radius 1 is 0.545 bits per heavy atom. The highest BCUT2D eigenvalue weighted by molar-refractivity contribution is 6.60. The van der Waals surface area contributed by atoms with Crippen LogP contribution in [0.5, 0.6) is 0 Å². The lowest BCUT2D eigenvalue weighted by atomic mass is 9.75. The van der Waals surface area contributed by atoms with Crippen LogP contribution in [-0.2, 0) is 22.8 Å². The maximum Gasteiger partial charge on any atom is 0.503 e. The van der Waals surface area contributed by atoms with Gasteiger partial charge in [-0.15, -0.1) is 0 Å². The highest BCUT2D eigenvalue weighted by atomic mass is 28.4. The average molecular weight is 751 g/mol. The van der Waals surface area contributed by atoms with E-state index in [0.29, 0.717) is 32.5 Å². The van der Waals surface area contributed by atoms with Gasteiger partial charge in [0, 0.05) is 45.0 Å². The first-order chi connectivity index (χ1) is 26.8. The molecule has 3 atom stereocenters. The molecule has 5 nitrogen and oxygen atoms in total. The van der Waals surface area contributed by atoms with Gasteiger partial charge in [0.2, 0.25) is 0 Å². The molecule has 3 unspecified atom stereocenters. The molecule has 0 saturated heterocycles. The van der Waals surface area contributed by atoms with Crippen LogP contribution in [0, 0.1) is 5.41 Å². The standard InChI is InChI=1S/C49H54O5Si/c1-7-51-47(32-55(52-8-2,53-9-3)54-10-4)15-16-48(50-6)49(5)18-17-35-21-38-24-41-27-42-25-39-22-36-19-33-13-11-12-14-34(33)20-37(36)23-40(39)26-43(42)28-44(41)29-45(38)30-46(35)31-49/h11-14,17,19-31,47-48H,7-10,15-16,18,32H2,1-6H3. The molecule has 1 aliphatic carbocycles. The van der Waals surface area contributed by atoms with Gasteiger partial charge in [0.15, 0.2) is 0 Å². The fraction of sp³-hybridized carbons (Fsp3) is 0.347. The molecule has 0 fully saturated rings. The third-order valence-electron chi connectivity index (χ3n) is 11.7. The largest absolute Gasteiger partial charge is 0.503 e. The topological polar surface area (TPSA) is 46.2 Å². The van der Waals surface area contributed by atoms with Crippen LogP contribution in [0.15, 0.2) is 97.1 Å². The van der Waals surface area contributed by atoms with Crippen molar-refractivity contribution in [3.8, 4) is 0 Å². The lowest BCUT2D eigenvalue weighted by Crippen LogP contribution is -2.49. The molecule has 0 aromatic heterocycles. The summed E-state index contributed by atoms with van der Waals surface area (Å²) in [6.45, 7) is 12.7. The second-order valence-corrected chi connectivity index (χ2v) is 18.1. The molecule has 0 spiro atoms. The molecule has 0 bridgehead atoms. The Kier molecular flexibility index (Phi) is 10.8. The number of hydrogen-bond acceptors (Lipinski definition) is 5. The molecule has 6 heteroatoms. The van der Waals surface area contributed by atoms with Crippen molar-refractivity contribution < 1.29 is 22.8 Å². The summed E-state index contributed by atoms with van der Waals surface area (Å²) >= 11 is 0. The Balaban J connectivity index is 1.10. The van der Waals surface area contributed by atoms with Crippen molar-refractivity contribution in [2.45, 2.75) is 72.1 Å². The van der Waals surface area contributed by atoms with Crippen LogP contribution in [0.1, 0.15) is 53.9 Å². The number of ether oxygens (including phenoxy) is 2. The van der Waals surface area contributed by atoms with Crippen molar-refractivity contribution in [3.05, 3.63) is 107 Å². The van der Waals surface area contributed by atoms with E-state index in [4.69, 9.17) is 22.8 Å². The minimum absolute atomic E-state index is 0.0199. The molecule has 0 radical (unpaired) electrons. The van der Waals surface area contributed by atoms with Gasteiger partial charge in [-0.25, -0.2) is 0 Å². The van der Waals surface area contributed by atoms with Crippen molar-refractivity contribution in [3.63, 3.8) is 0 Å². The van der Waals surface area contributed by atoms with E-state index in [9.17, 15) is 0 Å². The maximum absolute atomic E-state index is 6.29. The van der Waals surface area contributed by atoms with E-state index in [1.807, 2.05) is 27.9 Å². The first kappa shape index (κ1) is 37.8. The van der Waals surface area contributed by atoms with Crippen LogP contribution in [0.3, 0.4) is 0 Å². The molecule has 7 aromatic carbocycles. The number of fused-ring (bicyclic) bond motifs is 7. The number of methoxy groups -OCH3 is 1. The van der Waals surface area contributed by atoms with Gasteiger partial charge in [0.25, 0.3) is 0 Å². The summed E-state index contributed by atoms with van der Waals surface area (Å²) in [6.07, 6.45) is 7.45. The van der Waals surface area contributed by atoms with E-state index in [-0.39, 0.29) is 17.6 Å². The van der Waals surface area contributed by atoms with Crippen molar-refractivity contribution in [1.82, 2.24) is 0 Å². The summed E-state index contributed by atoms with van der Waals surface area (Å²) in [5, 5.41) is 17.8. The molecule has 0 aliphatic heterocycles. The number of hydrogen-bond donors (Lipinski definition) is 0. The lowest BCUT2D eigenvalue weighted by Gasteiger charge is -2.36. The van der Waals surface area contributed by atoms with E-state index in [0.717, 1.165) is 19.3 Å². The Labute approximate surface area is 325 Å². The summed E-state index contributed by atoms with van der Waals surface area (Å²) < 4.78 is 31.2. The van der Waals surface area contributed by atoms with Gasteiger partial charge in [-0.05, 0) is 195 Å². The van der Waals surface area contributed by atoms with Gasteiger partial charge in [-0.1, -0.05) is 43.3 Å². The lowest BCUT2D eigenvalue weighted by molar-refractivity contribution is -0.00439. The van der Waals surface area contributed by atoms with Gasteiger partial charge in [0.05, 0.1) is 12.2 Å². The Hall–Kier alpha value is -4.14. The number of benzene rings is 7. The Morgan fingerprint density at radius 2 is 0.964 bits per heavy atom. The predicted octanol–water partition coefficient (Wildman–Crippen LogP) is 10.8. The quantitative estimate of drug-likeness (QED) is 0.0771. The molecule has 0 amide bonds.